The number of anilines is 2. The Labute approximate surface area is 123 Å². The molecule has 0 atom stereocenters. The molecular weight excluding hydrogens is 250 g/mol. The van der Waals surface area contributed by atoms with Crippen molar-refractivity contribution in [3.05, 3.63) is 11.9 Å². The molecule has 0 aliphatic heterocycles. The van der Waals surface area contributed by atoms with Crippen molar-refractivity contribution in [1.29, 1.82) is 0 Å². The summed E-state index contributed by atoms with van der Waals surface area (Å²) in [6.07, 6.45) is 6.03. The number of hydrogen-bond acceptors (Lipinski definition) is 5. The molecule has 2 N–H and O–H groups in total. The monoisotopic (exact) mass is 279 g/mol. The Balaban J connectivity index is 2.51. The molecule has 1 rings (SSSR count). The maximum absolute atomic E-state index is 4.38. The number of nitrogens with zero attached hydrogens (tertiary/aromatic N) is 3. The van der Waals surface area contributed by atoms with Crippen LogP contribution in [0.2, 0.25) is 0 Å². The molecule has 0 aromatic carbocycles. The first-order chi connectivity index (χ1) is 9.69. The summed E-state index contributed by atoms with van der Waals surface area (Å²) in [4.78, 5) is 10.9. The Morgan fingerprint density at radius 3 is 2.20 bits per heavy atom. The van der Waals surface area contributed by atoms with Crippen LogP contribution in [-0.4, -0.2) is 48.6 Å². The molecule has 5 nitrogen and oxygen atoms in total. The van der Waals surface area contributed by atoms with E-state index in [0.29, 0.717) is 0 Å². The van der Waals surface area contributed by atoms with Gasteiger partial charge in [-0.05, 0) is 46.3 Å². The summed E-state index contributed by atoms with van der Waals surface area (Å²) in [7, 11) is 4.22. The maximum atomic E-state index is 4.38. The van der Waals surface area contributed by atoms with Gasteiger partial charge in [-0.3, -0.25) is 0 Å². The molecule has 0 saturated carbocycles. The second-order valence-corrected chi connectivity index (χ2v) is 5.27. The van der Waals surface area contributed by atoms with E-state index in [1.54, 1.807) is 6.33 Å². The zero-order valence-corrected chi connectivity index (χ0v) is 13.4. The van der Waals surface area contributed by atoms with Crippen LogP contribution in [0.4, 0.5) is 11.6 Å². The molecule has 20 heavy (non-hydrogen) atoms. The molecule has 0 fully saturated rings. The van der Waals surface area contributed by atoms with E-state index in [4.69, 9.17) is 0 Å². The van der Waals surface area contributed by atoms with Crippen molar-refractivity contribution in [2.24, 2.45) is 0 Å². The minimum Gasteiger partial charge on any atom is -0.370 e. The largest absolute Gasteiger partial charge is 0.370 e. The fourth-order valence-corrected chi connectivity index (χ4v) is 2.06. The molecule has 114 valence electrons. The Morgan fingerprint density at radius 2 is 1.65 bits per heavy atom. The summed E-state index contributed by atoms with van der Waals surface area (Å²) < 4.78 is 0. The van der Waals surface area contributed by atoms with E-state index in [-0.39, 0.29) is 0 Å². The fourth-order valence-electron chi connectivity index (χ4n) is 2.06. The van der Waals surface area contributed by atoms with Gasteiger partial charge >= 0.3 is 0 Å². The Bertz CT molecular complexity index is 379. The van der Waals surface area contributed by atoms with Gasteiger partial charge in [0.05, 0.1) is 0 Å². The van der Waals surface area contributed by atoms with Gasteiger partial charge in [-0.1, -0.05) is 13.8 Å². The smallest absolute Gasteiger partial charge is 0.134 e. The second-order valence-electron chi connectivity index (χ2n) is 5.27. The third-order valence-corrected chi connectivity index (χ3v) is 3.17. The number of aromatic nitrogens is 2. The predicted molar refractivity (Wildman–Crippen MR) is 86.5 cm³/mol. The quantitative estimate of drug-likeness (QED) is 0.645. The Kier molecular flexibility index (Phi) is 7.95. The summed E-state index contributed by atoms with van der Waals surface area (Å²) in [5.41, 5.74) is 1.19. The van der Waals surface area contributed by atoms with Gasteiger partial charge in [-0.2, -0.15) is 0 Å². The lowest BCUT2D eigenvalue weighted by atomic mass is 10.2. The second kappa shape index (κ2) is 9.53. The van der Waals surface area contributed by atoms with Crippen molar-refractivity contribution in [2.75, 3.05) is 44.4 Å². The average Bonchev–Trinajstić information content (AvgIpc) is 2.44. The van der Waals surface area contributed by atoms with Gasteiger partial charge in [-0.25, -0.2) is 9.97 Å². The number of unbranched alkanes of at least 4 members (excludes halogenated alkanes) is 1. The summed E-state index contributed by atoms with van der Waals surface area (Å²) in [5.74, 6) is 1.95. The van der Waals surface area contributed by atoms with Gasteiger partial charge in [0.2, 0.25) is 0 Å². The van der Waals surface area contributed by atoms with E-state index in [9.17, 15) is 0 Å². The van der Waals surface area contributed by atoms with Crippen LogP contribution < -0.4 is 10.6 Å². The lowest BCUT2D eigenvalue weighted by Gasteiger charge is -2.14. The minimum atomic E-state index is 0.937. The van der Waals surface area contributed by atoms with Crippen LogP contribution in [0.25, 0.3) is 0 Å². The van der Waals surface area contributed by atoms with Crippen LogP contribution in [-0.2, 0) is 6.42 Å². The van der Waals surface area contributed by atoms with Crippen LogP contribution >= 0.6 is 0 Å². The number of hydrogen-bond donors (Lipinski definition) is 2. The van der Waals surface area contributed by atoms with Crippen LogP contribution in [0.15, 0.2) is 6.33 Å². The highest BCUT2D eigenvalue weighted by Gasteiger charge is 2.08. The lowest BCUT2D eigenvalue weighted by Crippen LogP contribution is -2.15. The van der Waals surface area contributed by atoms with Crippen LogP contribution in [0, 0.1) is 0 Å². The lowest BCUT2D eigenvalue weighted by molar-refractivity contribution is 0.396. The van der Waals surface area contributed by atoms with E-state index in [1.807, 2.05) is 0 Å². The summed E-state index contributed by atoms with van der Waals surface area (Å²) in [6, 6.07) is 0. The van der Waals surface area contributed by atoms with Crippen molar-refractivity contribution < 1.29 is 0 Å². The molecule has 5 heteroatoms. The molecule has 0 aliphatic carbocycles. The van der Waals surface area contributed by atoms with Crippen molar-refractivity contribution in [1.82, 2.24) is 14.9 Å². The Hall–Kier alpha value is -1.36. The van der Waals surface area contributed by atoms with Crippen molar-refractivity contribution in [2.45, 2.75) is 39.5 Å². The van der Waals surface area contributed by atoms with Crippen LogP contribution in [0.1, 0.15) is 38.7 Å². The van der Waals surface area contributed by atoms with Gasteiger partial charge in [0, 0.05) is 18.7 Å². The molecule has 0 spiro atoms. The highest BCUT2D eigenvalue weighted by Crippen LogP contribution is 2.20. The van der Waals surface area contributed by atoms with E-state index < -0.39 is 0 Å². The van der Waals surface area contributed by atoms with Crippen molar-refractivity contribution in [3.63, 3.8) is 0 Å². The molecule has 0 bridgehead atoms. The average molecular weight is 279 g/mol. The van der Waals surface area contributed by atoms with Crippen LogP contribution in [0.3, 0.4) is 0 Å². The van der Waals surface area contributed by atoms with E-state index >= 15 is 0 Å². The summed E-state index contributed by atoms with van der Waals surface area (Å²) in [5, 5.41) is 6.82. The van der Waals surface area contributed by atoms with Gasteiger partial charge in [0.25, 0.3) is 0 Å². The fraction of sp³-hybridized carbons (Fsp3) is 0.733. The standard InChI is InChI=1S/C15H29N5/c1-5-9-16-14-13(6-2)15(19-12-18-14)17-10-7-8-11-20(3)4/h12H,5-11H2,1-4H3,(H2,16,17,18,19). The first-order valence-corrected chi connectivity index (χ1v) is 7.65. The first kappa shape index (κ1) is 16.7. The molecule has 1 aromatic heterocycles. The van der Waals surface area contributed by atoms with Gasteiger partial charge < -0.3 is 15.5 Å². The molecule has 0 aliphatic rings. The molecule has 0 unspecified atom stereocenters. The van der Waals surface area contributed by atoms with Crippen molar-refractivity contribution >= 4 is 11.6 Å². The van der Waals surface area contributed by atoms with Crippen LogP contribution in [0.5, 0.6) is 0 Å². The SMILES string of the molecule is CCCNc1ncnc(NCCCCN(C)C)c1CC. The third kappa shape index (κ3) is 5.74. The van der Waals surface area contributed by atoms with Gasteiger partial charge in [0.1, 0.15) is 18.0 Å². The zero-order chi connectivity index (χ0) is 14.8. The van der Waals surface area contributed by atoms with E-state index in [2.05, 4.69) is 53.4 Å². The summed E-state index contributed by atoms with van der Waals surface area (Å²) >= 11 is 0. The summed E-state index contributed by atoms with van der Waals surface area (Å²) in [6.45, 7) is 7.35. The van der Waals surface area contributed by atoms with Gasteiger partial charge in [0.15, 0.2) is 0 Å². The Morgan fingerprint density at radius 1 is 1.00 bits per heavy atom. The normalized spacial score (nSPS) is 10.8. The molecular formula is C15H29N5. The molecule has 1 aromatic rings. The van der Waals surface area contributed by atoms with E-state index in [1.165, 1.54) is 12.0 Å². The number of rotatable bonds is 10. The van der Waals surface area contributed by atoms with E-state index in [0.717, 1.165) is 50.5 Å². The minimum absolute atomic E-state index is 0.937. The predicted octanol–water partition coefficient (Wildman–Crippen LogP) is 2.61. The third-order valence-electron chi connectivity index (χ3n) is 3.17. The van der Waals surface area contributed by atoms with Gasteiger partial charge in [-0.15, -0.1) is 0 Å². The highest BCUT2D eigenvalue weighted by molar-refractivity contribution is 5.57. The molecule has 0 saturated heterocycles. The maximum Gasteiger partial charge on any atom is 0.134 e. The molecule has 1 heterocycles. The number of nitrogens with one attached hydrogen (secondary N) is 2. The molecule has 0 amide bonds. The highest BCUT2D eigenvalue weighted by atomic mass is 15.1. The molecule has 0 radical (unpaired) electrons. The first-order valence-electron chi connectivity index (χ1n) is 7.65. The van der Waals surface area contributed by atoms with Crippen molar-refractivity contribution in [3.8, 4) is 0 Å². The topological polar surface area (TPSA) is 53.1 Å². The zero-order valence-electron chi connectivity index (χ0n) is 13.4.